The van der Waals surface area contributed by atoms with Crippen molar-refractivity contribution in [1.82, 2.24) is 9.55 Å². The monoisotopic (exact) mass is 284 g/mol. The Morgan fingerprint density at radius 1 is 1.14 bits per heavy atom. The van der Waals surface area contributed by atoms with Gasteiger partial charge in [-0.1, -0.05) is 31.2 Å². The van der Waals surface area contributed by atoms with Gasteiger partial charge in [-0.3, -0.25) is 0 Å². The van der Waals surface area contributed by atoms with Gasteiger partial charge in [0.2, 0.25) is 0 Å². The number of aliphatic hydroxyl groups excluding tert-OH is 1. The van der Waals surface area contributed by atoms with E-state index in [0.29, 0.717) is 18.8 Å². The normalized spacial score (nSPS) is 12.7. The molecule has 0 saturated heterocycles. The van der Waals surface area contributed by atoms with Crippen LogP contribution in [0.4, 0.5) is 4.39 Å². The Bertz CT molecular complexity index is 749. The van der Waals surface area contributed by atoms with Crippen LogP contribution in [0.5, 0.6) is 0 Å². The van der Waals surface area contributed by atoms with E-state index in [-0.39, 0.29) is 5.82 Å². The van der Waals surface area contributed by atoms with Gasteiger partial charge >= 0.3 is 0 Å². The number of fused-ring (bicyclic) bond motifs is 1. The first-order chi connectivity index (χ1) is 10.2. The molecule has 0 aliphatic carbocycles. The van der Waals surface area contributed by atoms with Gasteiger partial charge in [-0.05, 0) is 36.2 Å². The summed E-state index contributed by atoms with van der Waals surface area (Å²) in [5.41, 5.74) is 2.82. The third-order valence-electron chi connectivity index (χ3n) is 3.62. The molecule has 3 nitrogen and oxygen atoms in total. The van der Waals surface area contributed by atoms with Gasteiger partial charge in [0.1, 0.15) is 17.7 Å². The fraction of sp³-hybridized carbons (Fsp3) is 0.235. The van der Waals surface area contributed by atoms with Crippen molar-refractivity contribution in [2.75, 3.05) is 0 Å². The van der Waals surface area contributed by atoms with Gasteiger partial charge in [-0.25, -0.2) is 9.37 Å². The maximum atomic E-state index is 13.0. The molecule has 0 fully saturated rings. The first-order valence-electron chi connectivity index (χ1n) is 7.06. The van der Waals surface area contributed by atoms with Crippen LogP contribution in [0.1, 0.15) is 30.8 Å². The summed E-state index contributed by atoms with van der Waals surface area (Å²) in [6.45, 7) is 2.49. The van der Waals surface area contributed by atoms with Gasteiger partial charge in [0.05, 0.1) is 11.0 Å². The fourth-order valence-electron chi connectivity index (χ4n) is 2.47. The quantitative estimate of drug-likeness (QED) is 0.794. The van der Waals surface area contributed by atoms with E-state index in [4.69, 9.17) is 0 Å². The SMILES string of the molecule is CC[C@@H](O)c1nc2ccccc2n1Cc1ccc(F)cc1. The van der Waals surface area contributed by atoms with E-state index in [9.17, 15) is 9.50 Å². The van der Waals surface area contributed by atoms with Crippen LogP contribution in [0.25, 0.3) is 11.0 Å². The third-order valence-corrected chi connectivity index (χ3v) is 3.62. The van der Waals surface area contributed by atoms with Crippen molar-refractivity contribution in [2.45, 2.75) is 26.0 Å². The fourth-order valence-corrected chi connectivity index (χ4v) is 2.47. The molecule has 0 unspecified atom stereocenters. The molecular weight excluding hydrogens is 267 g/mol. The number of aliphatic hydroxyl groups is 1. The second-order valence-corrected chi connectivity index (χ2v) is 5.10. The van der Waals surface area contributed by atoms with Gasteiger partial charge < -0.3 is 9.67 Å². The minimum absolute atomic E-state index is 0.247. The van der Waals surface area contributed by atoms with E-state index in [1.165, 1.54) is 12.1 Å². The summed E-state index contributed by atoms with van der Waals surface area (Å²) in [5.74, 6) is 0.408. The number of hydrogen-bond acceptors (Lipinski definition) is 2. The zero-order valence-corrected chi connectivity index (χ0v) is 11.8. The van der Waals surface area contributed by atoms with Crippen molar-refractivity contribution in [1.29, 1.82) is 0 Å². The largest absolute Gasteiger partial charge is 0.385 e. The van der Waals surface area contributed by atoms with Gasteiger partial charge in [0.15, 0.2) is 0 Å². The highest BCUT2D eigenvalue weighted by Gasteiger charge is 2.16. The van der Waals surface area contributed by atoms with Gasteiger partial charge in [-0.2, -0.15) is 0 Å². The number of benzene rings is 2. The topological polar surface area (TPSA) is 38.1 Å². The minimum Gasteiger partial charge on any atom is -0.385 e. The van der Waals surface area contributed by atoms with Crippen LogP contribution in [0.3, 0.4) is 0 Å². The smallest absolute Gasteiger partial charge is 0.139 e. The molecule has 3 rings (SSSR count). The maximum absolute atomic E-state index is 13.0. The molecule has 4 heteroatoms. The highest BCUT2D eigenvalue weighted by molar-refractivity contribution is 5.76. The summed E-state index contributed by atoms with van der Waals surface area (Å²) < 4.78 is 15.0. The zero-order valence-electron chi connectivity index (χ0n) is 11.8. The van der Waals surface area contributed by atoms with E-state index >= 15 is 0 Å². The second-order valence-electron chi connectivity index (χ2n) is 5.10. The van der Waals surface area contributed by atoms with Crippen molar-refractivity contribution < 1.29 is 9.50 Å². The number of para-hydroxylation sites is 2. The Morgan fingerprint density at radius 2 is 1.86 bits per heavy atom. The molecule has 2 aromatic carbocycles. The van der Waals surface area contributed by atoms with E-state index in [1.807, 2.05) is 35.8 Å². The first kappa shape index (κ1) is 13.8. The van der Waals surface area contributed by atoms with Gasteiger partial charge in [0, 0.05) is 6.54 Å². The molecule has 21 heavy (non-hydrogen) atoms. The van der Waals surface area contributed by atoms with Crippen molar-refractivity contribution in [3.63, 3.8) is 0 Å². The van der Waals surface area contributed by atoms with Crippen molar-refractivity contribution in [3.05, 3.63) is 65.7 Å². The Kier molecular flexibility index (Phi) is 3.71. The van der Waals surface area contributed by atoms with E-state index in [0.717, 1.165) is 16.6 Å². The molecule has 0 spiro atoms. The molecule has 0 radical (unpaired) electrons. The second kappa shape index (κ2) is 5.66. The standard InChI is InChI=1S/C17H17FN2O/c1-2-16(21)17-19-14-5-3-4-6-15(14)20(17)11-12-7-9-13(18)10-8-12/h3-10,16,21H,2,11H2,1H3/t16-/m1/s1. The number of rotatable bonds is 4. The van der Waals surface area contributed by atoms with Crippen molar-refractivity contribution in [2.24, 2.45) is 0 Å². The highest BCUT2D eigenvalue weighted by Crippen LogP contribution is 2.23. The Morgan fingerprint density at radius 3 is 2.57 bits per heavy atom. The van der Waals surface area contributed by atoms with Crippen LogP contribution in [-0.4, -0.2) is 14.7 Å². The number of aromatic nitrogens is 2. The molecule has 108 valence electrons. The van der Waals surface area contributed by atoms with Gasteiger partial charge in [-0.15, -0.1) is 0 Å². The Hall–Kier alpha value is -2.20. The van der Waals surface area contributed by atoms with Crippen LogP contribution < -0.4 is 0 Å². The van der Waals surface area contributed by atoms with Crippen molar-refractivity contribution in [3.8, 4) is 0 Å². The zero-order chi connectivity index (χ0) is 14.8. The minimum atomic E-state index is -0.599. The lowest BCUT2D eigenvalue weighted by Gasteiger charge is -2.12. The van der Waals surface area contributed by atoms with E-state index in [2.05, 4.69) is 4.98 Å². The molecule has 1 heterocycles. The molecule has 1 N–H and O–H groups in total. The molecule has 1 atom stereocenters. The molecular formula is C17H17FN2O. The van der Waals surface area contributed by atoms with Crippen LogP contribution in [0.2, 0.25) is 0 Å². The maximum Gasteiger partial charge on any atom is 0.139 e. The molecule has 0 amide bonds. The molecule has 1 aromatic heterocycles. The van der Waals surface area contributed by atoms with Crippen molar-refractivity contribution >= 4 is 11.0 Å². The number of imidazole rings is 1. The predicted molar refractivity (Wildman–Crippen MR) is 80.5 cm³/mol. The van der Waals surface area contributed by atoms with E-state index < -0.39 is 6.10 Å². The van der Waals surface area contributed by atoms with Gasteiger partial charge in [0.25, 0.3) is 0 Å². The summed E-state index contributed by atoms with van der Waals surface area (Å²) in [7, 11) is 0. The summed E-state index contributed by atoms with van der Waals surface area (Å²) in [6, 6.07) is 14.2. The van der Waals surface area contributed by atoms with Crippen LogP contribution >= 0.6 is 0 Å². The average Bonchev–Trinajstić information content (AvgIpc) is 2.88. The predicted octanol–water partition coefficient (Wildman–Crippen LogP) is 3.67. The average molecular weight is 284 g/mol. The molecule has 0 bridgehead atoms. The van der Waals surface area contributed by atoms with Crippen LogP contribution in [-0.2, 0) is 6.54 Å². The summed E-state index contributed by atoms with van der Waals surface area (Å²) >= 11 is 0. The molecule has 0 aliphatic heterocycles. The molecule has 3 aromatic rings. The Labute approximate surface area is 122 Å². The van der Waals surface area contributed by atoms with Crippen LogP contribution in [0, 0.1) is 5.82 Å². The lowest BCUT2D eigenvalue weighted by molar-refractivity contribution is 0.160. The third kappa shape index (κ3) is 2.67. The van der Waals surface area contributed by atoms with Crippen LogP contribution in [0.15, 0.2) is 48.5 Å². The molecule has 0 aliphatic rings. The number of halogens is 1. The molecule has 0 saturated carbocycles. The highest BCUT2D eigenvalue weighted by atomic mass is 19.1. The number of nitrogens with zero attached hydrogens (tertiary/aromatic N) is 2. The van der Waals surface area contributed by atoms with E-state index in [1.54, 1.807) is 12.1 Å². The summed E-state index contributed by atoms with van der Waals surface area (Å²) in [5, 5.41) is 10.2. The lowest BCUT2D eigenvalue weighted by atomic mass is 10.2. The number of hydrogen-bond donors (Lipinski definition) is 1. The first-order valence-corrected chi connectivity index (χ1v) is 7.06. The summed E-state index contributed by atoms with van der Waals surface area (Å²) in [6.07, 6.45) is 0.00469. The lowest BCUT2D eigenvalue weighted by Crippen LogP contribution is -2.09. The summed E-state index contributed by atoms with van der Waals surface area (Å²) in [4.78, 5) is 4.54. The Balaban J connectivity index is 2.08.